The number of fused-ring (bicyclic) bond motifs is 2. The van der Waals surface area contributed by atoms with E-state index in [0.29, 0.717) is 5.92 Å². The van der Waals surface area contributed by atoms with Gasteiger partial charge in [-0.15, -0.1) is 0 Å². The normalized spacial score (nSPS) is 36.9. The fraction of sp³-hybridized carbons (Fsp3) is 0.909. The molecule has 2 saturated heterocycles. The molecule has 2 fully saturated rings. The van der Waals surface area contributed by atoms with Crippen LogP contribution in [-0.2, 0) is 14.6 Å². The second kappa shape index (κ2) is 4.69. The van der Waals surface area contributed by atoms with Crippen LogP contribution in [0.5, 0.6) is 0 Å². The molecule has 0 aromatic carbocycles. The van der Waals surface area contributed by atoms with Gasteiger partial charge in [0.15, 0.2) is 15.0 Å². The number of hydrogen-bond acceptors (Lipinski definition) is 4. The first kappa shape index (κ1) is 12.4. The number of carbonyl (C=O) groups is 1. The Kier molecular flexibility index (Phi) is 3.64. The van der Waals surface area contributed by atoms with Crippen molar-refractivity contribution in [3.05, 3.63) is 0 Å². The van der Waals surface area contributed by atoms with E-state index in [2.05, 4.69) is 0 Å². The highest BCUT2D eigenvalue weighted by Gasteiger charge is 2.43. The zero-order valence-electron chi connectivity index (χ0n) is 9.52. The maximum atomic E-state index is 12.0. The molecule has 2 aliphatic heterocycles. The van der Waals surface area contributed by atoms with Crippen LogP contribution >= 0.6 is 11.8 Å². The molecule has 0 amide bonds. The summed E-state index contributed by atoms with van der Waals surface area (Å²) >= 11 is 1.34. The van der Waals surface area contributed by atoms with Crippen LogP contribution in [0, 0.1) is 5.92 Å². The molecule has 3 nitrogen and oxygen atoms in total. The van der Waals surface area contributed by atoms with Gasteiger partial charge in [-0.25, -0.2) is 8.42 Å². The molecule has 0 aromatic heterocycles. The topological polar surface area (TPSA) is 51.2 Å². The van der Waals surface area contributed by atoms with Gasteiger partial charge in [0.25, 0.3) is 0 Å². The Morgan fingerprint density at radius 1 is 1.25 bits per heavy atom. The maximum Gasteiger partial charge on any atom is 0.185 e. The van der Waals surface area contributed by atoms with E-state index in [0.717, 1.165) is 37.9 Å². The van der Waals surface area contributed by atoms with Gasteiger partial charge in [-0.2, -0.15) is 0 Å². The van der Waals surface area contributed by atoms with E-state index in [1.54, 1.807) is 6.92 Å². The lowest BCUT2D eigenvalue weighted by Gasteiger charge is -2.38. The summed E-state index contributed by atoms with van der Waals surface area (Å²) in [5.41, 5.74) is 0. The lowest BCUT2D eigenvalue weighted by molar-refractivity contribution is -0.109. The Hall–Kier alpha value is -0.0300. The van der Waals surface area contributed by atoms with E-state index < -0.39 is 9.84 Å². The molecule has 0 aliphatic carbocycles. The van der Waals surface area contributed by atoms with Crippen LogP contribution in [0.1, 0.15) is 39.0 Å². The van der Waals surface area contributed by atoms with Gasteiger partial charge in [-0.05, 0) is 31.6 Å². The number of rotatable bonds is 2. The first-order valence-corrected chi connectivity index (χ1v) is 8.45. The average Bonchev–Trinajstić information content (AvgIpc) is 2.13. The largest absolute Gasteiger partial charge is 0.288 e. The first-order chi connectivity index (χ1) is 7.50. The minimum atomic E-state index is -2.83. The Morgan fingerprint density at radius 3 is 2.31 bits per heavy atom. The van der Waals surface area contributed by atoms with E-state index in [1.807, 2.05) is 0 Å². The van der Waals surface area contributed by atoms with E-state index in [1.165, 1.54) is 11.8 Å². The third-order valence-corrected chi connectivity index (χ3v) is 7.46. The molecule has 16 heavy (non-hydrogen) atoms. The van der Waals surface area contributed by atoms with Gasteiger partial charge in [0, 0.05) is 12.7 Å². The van der Waals surface area contributed by atoms with E-state index in [9.17, 15) is 13.2 Å². The molecule has 2 bridgehead atoms. The Balaban J connectivity index is 2.01. The number of hydrogen-bond donors (Lipinski definition) is 0. The number of carbonyl (C=O) groups excluding carboxylic acids is 1. The molecule has 0 radical (unpaired) electrons. The first-order valence-electron chi connectivity index (χ1n) is 5.86. The van der Waals surface area contributed by atoms with Crippen molar-refractivity contribution in [2.24, 2.45) is 5.92 Å². The molecule has 0 N–H and O–H groups in total. The maximum absolute atomic E-state index is 12.0. The minimum absolute atomic E-state index is 0.113. The second-order valence-electron chi connectivity index (χ2n) is 4.90. The van der Waals surface area contributed by atoms with Crippen LogP contribution in [0.3, 0.4) is 0 Å². The summed E-state index contributed by atoms with van der Waals surface area (Å²) in [5.74, 6) is 1.23. The lowest BCUT2D eigenvalue weighted by Crippen LogP contribution is -2.44. The zero-order valence-corrected chi connectivity index (χ0v) is 11.1. The van der Waals surface area contributed by atoms with Crippen LogP contribution in [-0.4, -0.2) is 29.8 Å². The van der Waals surface area contributed by atoms with Crippen molar-refractivity contribution < 1.29 is 13.2 Å². The Bertz CT molecular complexity index is 355. The molecule has 2 aliphatic rings. The monoisotopic (exact) mass is 262 g/mol. The van der Waals surface area contributed by atoms with Crippen molar-refractivity contribution in [3.63, 3.8) is 0 Å². The van der Waals surface area contributed by atoms with Crippen LogP contribution in [0.25, 0.3) is 0 Å². The van der Waals surface area contributed by atoms with Crippen LogP contribution in [0.2, 0.25) is 0 Å². The predicted molar refractivity (Wildman–Crippen MR) is 66.2 cm³/mol. The summed E-state index contributed by atoms with van der Waals surface area (Å²) in [4.78, 5) is 10.9. The molecular weight excluding hydrogens is 244 g/mol. The molecule has 0 aromatic rings. The average molecular weight is 262 g/mol. The molecule has 92 valence electrons. The molecule has 0 saturated carbocycles. The van der Waals surface area contributed by atoms with Crippen molar-refractivity contribution in [2.75, 3.05) is 5.75 Å². The van der Waals surface area contributed by atoms with Gasteiger partial charge in [0.05, 0.1) is 10.5 Å². The molecule has 2 unspecified atom stereocenters. The second-order valence-corrected chi connectivity index (χ2v) is 8.61. The lowest BCUT2D eigenvalue weighted by atomic mass is 9.91. The fourth-order valence-corrected chi connectivity index (χ4v) is 6.25. The Morgan fingerprint density at radius 2 is 1.81 bits per heavy atom. The summed E-state index contributed by atoms with van der Waals surface area (Å²) in [6.07, 6.45) is 4.28. The van der Waals surface area contributed by atoms with Crippen LogP contribution in [0.15, 0.2) is 0 Å². The van der Waals surface area contributed by atoms with Gasteiger partial charge in [0.1, 0.15) is 0 Å². The van der Waals surface area contributed by atoms with E-state index in [-0.39, 0.29) is 15.6 Å². The minimum Gasteiger partial charge on any atom is -0.288 e. The quantitative estimate of drug-likeness (QED) is 0.764. The van der Waals surface area contributed by atoms with E-state index >= 15 is 0 Å². The highest BCUT2D eigenvalue weighted by atomic mass is 32.2. The van der Waals surface area contributed by atoms with Crippen LogP contribution in [0.4, 0.5) is 0 Å². The summed E-state index contributed by atoms with van der Waals surface area (Å²) in [6.45, 7) is 1.57. The third-order valence-electron chi connectivity index (χ3n) is 3.70. The van der Waals surface area contributed by atoms with Crippen LogP contribution < -0.4 is 0 Å². The summed E-state index contributed by atoms with van der Waals surface area (Å²) in [5, 5.41) is -0.0892. The summed E-state index contributed by atoms with van der Waals surface area (Å²) < 4.78 is 24.0. The van der Waals surface area contributed by atoms with Gasteiger partial charge >= 0.3 is 0 Å². The van der Waals surface area contributed by atoms with Gasteiger partial charge in [0.2, 0.25) is 0 Å². The zero-order chi connectivity index (χ0) is 11.8. The van der Waals surface area contributed by atoms with Crippen molar-refractivity contribution in [2.45, 2.75) is 49.5 Å². The molecular formula is C11H18O3S2. The third kappa shape index (κ3) is 2.45. The van der Waals surface area contributed by atoms with E-state index in [4.69, 9.17) is 0 Å². The highest BCUT2D eigenvalue weighted by Crippen LogP contribution is 2.40. The molecule has 2 atom stereocenters. The fourth-order valence-electron chi connectivity index (χ4n) is 2.89. The highest BCUT2D eigenvalue weighted by molar-refractivity contribution is 8.13. The summed E-state index contributed by atoms with van der Waals surface area (Å²) in [6, 6.07) is 0. The van der Waals surface area contributed by atoms with Gasteiger partial charge in [-0.3, -0.25) is 4.79 Å². The number of thioether (sulfide) groups is 1. The van der Waals surface area contributed by atoms with Crippen molar-refractivity contribution in [3.8, 4) is 0 Å². The molecule has 0 spiro atoms. The Labute approximate surface area is 101 Å². The van der Waals surface area contributed by atoms with Crippen molar-refractivity contribution in [1.82, 2.24) is 0 Å². The molecule has 2 heterocycles. The molecule has 5 heteroatoms. The van der Waals surface area contributed by atoms with Gasteiger partial charge in [-0.1, -0.05) is 18.2 Å². The van der Waals surface area contributed by atoms with Crippen molar-refractivity contribution >= 4 is 26.7 Å². The van der Waals surface area contributed by atoms with Gasteiger partial charge < -0.3 is 0 Å². The summed E-state index contributed by atoms with van der Waals surface area (Å²) in [7, 11) is -2.83. The standard InChI is InChI=1S/C11H18O3S2/c1-8(12)15-7-9-5-10-3-2-4-11(6-9)16(10,13)14/h9-11H,2-7H2,1H3. The smallest absolute Gasteiger partial charge is 0.185 e. The number of sulfone groups is 1. The SMILES string of the molecule is CC(=O)SCC1CC2CCCC(C1)S2(=O)=O. The molecule has 2 rings (SSSR count). The van der Waals surface area contributed by atoms with Crippen molar-refractivity contribution in [1.29, 1.82) is 0 Å². The predicted octanol–water partition coefficient (Wildman–Crippen LogP) is 2.01.